The standard InChI is InChI=1S/C12H19NO3/c1-9-7-11(10(2)13(9)3)12(14)8-16-6-5-15-4/h7H,5-6,8H2,1-4H3. The van der Waals surface area contributed by atoms with Gasteiger partial charge in [0.1, 0.15) is 6.61 Å². The number of Topliss-reactive ketones (excluding diaryl/α,β-unsaturated/α-hetero) is 1. The fourth-order valence-corrected chi connectivity index (χ4v) is 1.52. The number of methoxy groups -OCH3 is 1. The van der Waals surface area contributed by atoms with Crippen molar-refractivity contribution in [2.75, 3.05) is 26.9 Å². The lowest BCUT2D eigenvalue weighted by Gasteiger charge is -2.03. The predicted octanol–water partition coefficient (Wildman–Crippen LogP) is 1.49. The van der Waals surface area contributed by atoms with Crippen molar-refractivity contribution in [3.63, 3.8) is 0 Å². The molecule has 0 aliphatic rings. The molecule has 16 heavy (non-hydrogen) atoms. The Kier molecular flexibility index (Phi) is 4.71. The number of aromatic nitrogens is 1. The van der Waals surface area contributed by atoms with Crippen molar-refractivity contribution >= 4 is 5.78 Å². The molecule has 0 saturated carbocycles. The van der Waals surface area contributed by atoms with Gasteiger partial charge in [0.05, 0.1) is 13.2 Å². The third-order valence-electron chi connectivity index (χ3n) is 2.74. The van der Waals surface area contributed by atoms with Gasteiger partial charge in [-0.3, -0.25) is 4.79 Å². The van der Waals surface area contributed by atoms with Gasteiger partial charge in [0.15, 0.2) is 5.78 Å². The summed E-state index contributed by atoms with van der Waals surface area (Å²) in [5.41, 5.74) is 2.81. The minimum absolute atomic E-state index is 0.0253. The van der Waals surface area contributed by atoms with Crippen molar-refractivity contribution in [3.05, 3.63) is 23.0 Å². The normalized spacial score (nSPS) is 10.8. The molecular weight excluding hydrogens is 206 g/mol. The Morgan fingerprint density at radius 2 is 2.06 bits per heavy atom. The molecule has 0 bridgehead atoms. The molecule has 1 aromatic rings. The Morgan fingerprint density at radius 3 is 2.56 bits per heavy atom. The molecule has 0 radical (unpaired) electrons. The maximum atomic E-state index is 11.8. The van der Waals surface area contributed by atoms with Gasteiger partial charge in [0.2, 0.25) is 0 Å². The highest BCUT2D eigenvalue weighted by atomic mass is 16.5. The Hall–Kier alpha value is -1.13. The van der Waals surface area contributed by atoms with Gasteiger partial charge in [-0.05, 0) is 19.9 Å². The van der Waals surface area contributed by atoms with Gasteiger partial charge in [-0.25, -0.2) is 0 Å². The van der Waals surface area contributed by atoms with E-state index in [-0.39, 0.29) is 12.4 Å². The van der Waals surface area contributed by atoms with Crippen molar-refractivity contribution < 1.29 is 14.3 Å². The van der Waals surface area contributed by atoms with E-state index < -0.39 is 0 Å². The van der Waals surface area contributed by atoms with Crippen molar-refractivity contribution in [3.8, 4) is 0 Å². The van der Waals surface area contributed by atoms with Gasteiger partial charge in [0.25, 0.3) is 0 Å². The number of hydrogen-bond acceptors (Lipinski definition) is 3. The summed E-state index contributed by atoms with van der Waals surface area (Å²) in [7, 11) is 3.56. The second kappa shape index (κ2) is 5.82. The summed E-state index contributed by atoms with van der Waals surface area (Å²) < 4.78 is 12.0. The van der Waals surface area contributed by atoms with Gasteiger partial charge in [0, 0.05) is 31.1 Å². The Morgan fingerprint density at radius 1 is 1.38 bits per heavy atom. The maximum Gasteiger partial charge on any atom is 0.190 e. The van der Waals surface area contributed by atoms with Crippen LogP contribution in [0, 0.1) is 13.8 Å². The first-order valence-electron chi connectivity index (χ1n) is 5.30. The van der Waals surface area contributed by atoms with E-state index in [4.69, 9.17) is 9.47 Å². The molecule has 90 valence electrons. The van der Waals surface area contributed by atoms with Crippen molar-refractivity contribution in [1.82, 2.24) is 4.57 Å². The molecule has 0 aliphatic heterocycles. The molecule has 0 amide bonds. The minimum Gasteiger partial charge on any atom is -0.382 e. The number of carbonyl (C=O) groups is 1. The average Bonchev–Trinajstić information content (AvgIpc) is 2.52. The van der Waals surface area contributed by atoms with E-state index in [2.05, 4.69) is 0 Å². The van der Waals surface area contributed by atoms with Crippen LogP contribution in [-0.4, -0.2) is 37.3 Å². The van der Waals surface area contributed by atoms with Crippen LogP contribution in [0.5, 0.6) is 0 Å². The van der Waals surface area contributed by atoms with Gasteiger partial charge in [-0.2, -0.15) is 0 Å². The summed E-state index contributed by atoms with van der Waals surface area (Å²) in [6.45, 7) is 5.01. The van der Waals surface area contributed by atoms with Crippen molar-refractivity contribution in [1.29, 1.82) is 0 Å². The van der Waals surface area contributed by atoms with Crippen LogP contribution in [0.4, 0.5) is 0 Å². The number of ether oxygens (including phenoxy) is 2. The van der Waals surface area contributed by atoms with Crippen molar-refractivity contribution in [2.24, 2.45) is 7.05 Å². The molecule has 0 unspecified atom stereocenters. The first-order valence-corrected chi connectivity index (χ1v) is 5.30. The molecule has 4 nitrogen and oxygen atoms in total. The van der Waals surface area contributed by atoms with Crippen LogP contribution in [0.15, 0.2) is 6.07 Å². The minimum atomic E-state index is 0.0253. The number of carbonyl (C=O) groups excluding carboxylic acids is 1. The van der Waals surface area contributed by atoms with Crippen LogP contribution in [0.3, 0.4) is 0 Å². The molecule has 0 N–H and O–H groups in total. The zero-order chi connectivity index (χ0) is 12.1. The number of aryl methyl sites for hydroxylation is 1. The summed E-state index contributed by atoms with van der Waals surface area (Å²) >= 11 is 0. The van der Waals surface area contributed by atoms with Crippen LogP contribution in [0.25, 0.3) is 0 Å². The van der Waals surface area contributed by atoms with Gasteiger partial charge < -0.3 is 14.0 Å². The fourth-order valence-electron chi connectivity index (χ4n) is 1.52. The van der Waals surface area contributed by atoms with Crippen LogP contribution in [0.1, 0.15) is 21.7 Å². The summed E-state index contributed by atoms with van der Waals surface area (Å²) in [5, 5.41) is 0. The van der Waals surface area contributed by atoms with E-state index in [1.54, 1.807) is 7.11 Å². The highest BCUT2D eigenvalue weighted by Gasteiger charge is 2.13. The zero-order valence-corrected chi connectivity index (χ0v) is 10.4. The van der Waals surface area contributed by atoms with E-state index in [9.17, 15) is 4.79 Å². The average molecular weight is 225 g/mol. The van der Waals surface area contributed by atoms with Crippen molar-refractivity contribution in [2.45, 2.75) is 13.8 Å². The predicted molar refractivity (Wildman–Crippen MR) is 61.9 cm³/mol. The first kappa shape index (κ1) is 12.9. The molecule has 0 atom stereocenters. The number of ketones is 1. The monoisotopic (exact) mass is 225 g/mol. The molecule has 1 rings (SSSR count). The molecule has 0 aliphatic carbocycles. The fraction of sp³-hybridized carbons (Fsp3) is 0.583. The lowest BCUT2D eigenvalue weighted by atomic mass is 10.1. The summed E-state index contributed by atoms with van der Waals surface area (Å²) in [4.78, 5) is 11.8. The lowest BCUT2D eigenvalue weighted by Crippen LogP contribution is -2.12. The maximum absolute atomic E-state index is 11.8. The van der Waals surface area contributed by atoms with E-state index in [1.165, 1.54) is 0 Å². The Bertz CT molecular complexity index is 369. The SMILES string of the molecule is COCCOCC(=O)c1cc(C)n(C)c1C. The molecular formula is C12H19NO3. The summed E-state index contributed by atoms with van der Waals surface area (Å²) in [6, 6.07) is 1.90. The number of rotatable bonds is 6. The largest absolute Gasteiger partial charge is 0.382 e. The van der Waals surface area contributed by atoms with E-state index in [0.29, 0.717) is 13.2 Å². The second-order valence-electron chi connectivity index (χ2n) is 3.81. The molecule has 0 saturated heterocycles. The van der Waals surface area contributed by atoms with Crippen LogP contribution in [0.2, 0.25) is 0 Å². The van der Waals surface area contributed by atoms with Crippen LogP contribution < -0.4 is 0 Å². The Balaban J connectivity index is 2.56. The highest BCUT2D eigenvalue weighted by Crippen LogP contribution is 2.13. The van der Waals surface area contributed by atoms with E-state index in [1.807, 2.05) is 31.5 Å². The third-order valence-corrected chi connectivity index (χ3v) is 2.74. The lowest BCUT2D eigenvalue weighted by molar-refractivity contribution is 0.0576. The quantitative estimate of drug-likeness (QED) is 0.544. The van der Waals surface area contributed by atoms with Gasteiger partial charge >= 0.3 is 0 Å². The van der Waals surface area contributed by atoms with E-state index >= 15 is 0 Å². The zero-order valence-electron chi connectivity index (χ0n) is 10.4. The molecule has 0 aromatic carbocycles. The molecule has 0 fully saturated rings. The van der Waals surface area contributed by atoms with Crippen LogP contribution in [-0.2, 0) is 16.5 Å². The number of hydrogen-bond donors (Lipinski definition) is 0. The number of nitrogens with zero attached hydrogens (tertiary/aromatic N) is 1. The third kappa shape index (κ3) is 2.93. The van der Waals surface area contributed by atoms with Gasteiger partial charge in [-0.15, -0.1) is 0 Å². The Labute approximate surface area is 96.2 Å². The molecule has 1 heterocycles. The molecule has 4 heteroatoms. The molecule has 1 aromatic heterocycles. The van der Waals surface area contributed by atoms with E-state index in [0.717, 1.165) is 17.0 Å². The summed E-state index contributed by atoms with van der Waals surface area (Å²) in [5.74, 6) is 0.0253. The molecule has 0 spiro atoms. The summed E-state index contributed by atoms with van der Waals surface area (Å²) in [6.07, 6.45) is 0. The second-order valence-corrected chi connectivity index (χ2v) is 3.81. The highest BCUT2D eigenvalue weighted by molar-refractivity contribution is 5.98. The first-order chi connectivity index (χ1) is 7.57. The topological polar surface area (TPSA) is 40.5 Å². The smallest absolute Gasteiger partial charge is 0.190 e. The van der Waals surface area contributed by atoms with Gasteiger partial charge in [-0.1, -0.05) is 0 Å². The van der Waals surface area contributed by atoms with Crippen LogP contribution >= 0.6 is 0 Å².